The largest absolute Gasteiger partial charge is 0.341 e. The number of hydrogen-bond acceptors (Lipinski definition) is 0. The van der Waals surface area contributed by atoms with Crippen LogP contribution in [0.15, 0.2) is 37.0 Å². The molecule has 0 heterocycles. The van der Waals surface area contributed by atoms with Crippen molar-refractivity contribution in [3.05, 3.63) is 37.0 Å². The van der Waals surface area contributed by atoms with Crippen molar-refractivity contribution in [2.75, 3.05) is 0 Å². The molecule has 94 valence electrons. The van der Waals surface area contributed by atoms with Gasteiger partial charge in [-0.05, 0) is 39.2 Å². The SMILES string of the molecule is C/C=C/CCC[Si](Cl)(Cl)Cl.C=CC/C=C/C. The maximum absolute atomic E-state index is 5.66. The fraction of sp³-hybridized carbons (Fsp3) is 0.500. The van der Waals surface area contributed by atoms with Gasteiger partial charge in [-0.15, -0.1) is 39.8 Å². The van der Waals surface area contributed by atoms with Crippen molar-refractivity contribution < 1.29 is 0 Å². The maximum atomic E-state index is 5.66. The first-order valence-electron chi connectivity index (χ1n) is 5.37. The zero-order chi connectivity index (χ0) is 12.9. The molecule has 0 amide bonds. The Morgan fingerprint density at radius 2 is 1.62 bits per heavy atom. The van der Waals surface area contributed by atoms with E-state index in [0.29, 0.717) is 0 Å². The van der Waals surface area contributed by atoms with Crippen LogP contribution in [0.3, 0.4) is 0 Å². The van der Waals surface area contributed by atoms with E-state index in [1.54, 1.807) is 0 Å². The van der Waals surface area contributed by atoms with Crippen molar-refractivity contribution >= 4 is 39.2 Å². The Morgan fingerprint density at radius 3 is 1.94 bits per heavy atom. The third kappa shape index (κ3) is 23.8. The molecule has 0 nitrogen and oxygen atoms in total. The van der Waals surface area contributed by atoms with Crippen molar-refractivity contribution in [2.24, 2.45) is 0 Å². The van der Waals surface area contributed by atoms with Gasteiger partial charge in [0.25, 0.3) is 0 Å². The molecule has 4 heteroatoms. The van der Waals surface area contributed by atoms with Gasteiger partial charge in [-0.2, -0.15) is 0 Å². The van der Waals surface area contributed by atoms with Gasteiger partial charge in [-0.1, -0.05) is 30.4 Å². The van der Waals surface area contributed by atoms with E-state index in [1.807, 2.05) is 32.1 Å². The number of rotatable bonds is 6. The van der Waals surface area contributed by atoms with Crippen LogP contribution >= 0.6 is 33.2 Å². The molecule has 16 heavy (non-hydrogen) atoms. The minimum Gasteiger partial charge on any atom is -0.126 e. The second-order valence-corrected chi connectivity index (χ2v) is 12.4. The van der Waals surface area contributed by atoms with E-state index in [0.717, 1.165) is 25.3 Å². The zero-order valence-corrected chi connectivity index (χ0v) is 13.3. The molecule has 0 aromatic rings. The summed E-state index contributed by atoms with van der Waals surface area (Å²) in [6.07, 6.45) is 13.1. The lowest BCUT2D eigenvalue weighted by Crippen LogP contribution is -2.07. The molecule has 0 aromatic heterocycles. The van der Waals surface area contributed by atoms with E-state index in [9.17, 15) is 0 Å². The lowest BCUT2D eigenvalue weighted by Gasteiger charge is -2.04. The van der Waals surface area contributed by atoms with Gasteiger partial charge in [-0.25, -0.2) is 0 Å². The van der Waals surface area contributed by atoms with Gasteiger partial charge in [0, 0.05) is 0 Å². The highest BCUT2D eigenvalue weighted by molar-refractivity contribution is 7.64. The topological polar surface area (TPSA) is 0 Å². The molecule has 0 fully saturated rings. The fourth-order valence-corrected chi connectivity index (χ4v) is 2.63. The standard InChI is InChI=1S/C6H11Cl3Si.C6H10/c1-2-3-4-5-6-10(7,8)9;1-3-5-6-4-2/h2-3H,4-6H2,1H3;3-4,6H,1,5H2,2H3/b3-2+;6-4+. The third-order valence-corrected chi connectivity index (χ3v) is 4.23. The van der Waals surface area contributed by atoms with Gasteiger partial charge < -0.3 is 0 Å². The average molecular weight is 300 g/mol. The van der Waals surface area contributed by atoms with Crippen LogP contribution in [0.25, 0.3) is 0 Å². The van der Waals surface area contributed by atoms with Crippen LogP contribution in [0, 0.1) is 0 Å². The Balaban J connectivity index is 0. The van der Waals surface area contributed by atoms with E-state index in [1.165, 1.54) is 0 Å². The van der Waals surface area contributed by atoms with Crippen LogP contribution in [0.1, 0.15) is 33.1 Å². The predicted octanol–water partition coefficient (Wildman–Crippen LogP) is 6.14. The molecular formula is C12H21Cl3Si. The molecule has 0 N–H and O–H groups in total. The first kappa shape index (κ1) is 18.7. The molecular weight excluding hydrogens is 279 g/mol. The Morgan fingerprint density at radius 1 is 1.06 bits per heavy atom. The molecule has 0 atom stereocenters. The molecule has 0 rings (SSSR count). The van der Waals surface area contributed by atoms with Crippen molar-refractivity contribution in [1.29, 1.82) is 0 Å². The summed E-state index contributed by atoms with van der Waals surface area (Å²) in [6.45, 7) is 7.54. The second kappa shape index (κ2) is 13.4. The first-order valence-corrected chi connectivity index (χ1v) is 10.6. The Labute approximate surface area is 115 Å². The summed E-state index contributed by atoms with van der Waals surface area (Å²) in [5, 5.41) is 0. The van der Waals surface area contributed by atoms with Crippen LogP contribution in [-0.4, -0.2) is 6.00 Å². The summed E-state index contributed by atoms with van der Waals surface area (Å²) in [5.41, 5.74) is 0. The minimum atomic E-state index is -2.32. The molecule has 0 aliphatic carbocycles. The van der Waals surface area contributed by atoms with Gasteiger partial charge >= 0.3 is 6.00 Å². The van der Waals surface area contributed by atoms with Gasteiger partial charge in [0.15, 0.2) is 0 Å². The van der Waals surface area contributed by atoms with E-state index in [-0.39, 0.29) is 0 Å². The molecule has 0 saturated carbocycles. The molecule has 0 aliphatic heterocycles. The summed E-state index contributed by atoms with van der Waals surface area (Å²) in [5.74, 6) is 0. The second-order valence-electron chi connectivity index (χ2n) is 3.17. The van der Waals surface area contributed by atoms with Crippen molar-refractivity contribution in [1.82, 2.24) is 0 Å². The molecule has 0 radical (unpaired) electrons. The molecule has 0 spiro atoms. The smallest absolute Gasteiger partial charge is 0.126 e. The number of unbranched alkanes of at least 4 members (excludes halogenated alkanes) is 1. The summed E-state index contributed by atoms with van der Waals surface area (Å²) in [7, 11) is 0. The van der Waals surface area contributed by atoms with Crippen LogP contribution < -0.4 is 0 Å². The number of allylic oxidation sites excluding steroid dienone is 5. The Hall–Kier alpha value is 0.307. The summed E-state index contributed by atoms with van der Waals surface area (Å²) in [6, 6.07) is -1.56. The normalized spacial score (nSPS) is 11.6. The molecule has 0 saturated heterocycles. The average Bonchev–Trinajstić information content (AvgIpc) is 2.21. The van der Waals surface area contributed by atoms with Crippen molar-refractivity contribution in [3.8, 4) is 0 Å². The van der Waals surface area contributed by atoms with Crippen LogP contribution in [-0.2, 0) is 0 Å². The Kier molecular flexibility index (Phi) is 15.6. The molecule has 0 aromatic carbocycles. The highest BCUT2D eigenvalue weighted by atomic mass is 35.8. The van der Waals surface area contributed by atoms with E-state index in [4.69, 9.17) is 33.2 Å². The predicted molar refractivity (Wildman–Crippen MR) is 81.8 cm³/mol. The summed E-state index contributed by atoms with van der Waals surface area (Å²) in [4.78, 5) is 0. The van der Waals surface area contributed by atoms with Crippen LogP contribution in [0.2, 0.25) is 6.04 Å². The Bertz CT molecular complexity index is 205. The zero-order valence-electron chi connectivity index (χ0n) is 10.1. The first-order chi connectivity index (χ1) is 7.47. The minimum absolute atomic E-state index is 0.766. The van der Waals surface area contributed by atoms with Gasteiger partial charge in [-0.3, -0.25) is 0 Å². The molecule has 0 bridgehead atoms. The quantitative estimate of drug-likeness (QED) is 0.239. The van der Waals surface area contributed by atoms with Crippen molar-refractivity contribution in [3.63, 3.8) is 0 Å². The fourth-order valence-electron chi connectivity index (χ4n) is 0.819. The van der Waals surface area contributed by atoms with Gasteiger partial charge in [0.1, 0.15) is 0 Å². The summed E-state index contributed by atoms with van der Waals surface area (Å²) >= 11 is 17.0. The monoisotopic (exact) mass is 298 g/mol. The van der Waals surface area contributed by atoms with Gasteiger partial charge in [0.05, 0.1) is 0 Å². The number of hydrogen-bond donors (Lipinski definition) is 0. The summed E-state index contributed by atoms with van der Waals surface area (Å²) < 4.78 is 0. The van der Waals surface area contributed by atoms with Crippen LogP contribution in [0.4, 0.5) is 0 Å². The van der Waals surface area contributed by atoms with Crippen LogP contribution in [0.5, 0.6) is 0 Å². The van der Waals surface area contributed by atoms with E-state index >= 15 is 0 Å². The van der Waals surface area contributed by atoms with E-state index in [2.05, 4.69) is 18.7 Å². The van der Waals surface area contributed by atoms with Gasteiger partial charge in [0.2, 0.25) is 0 Å². The lowest BCUT2D eigenvalue weighted by molar-refractivity contribution is 0.948. The number of halogens is 3. The molecule has 0 aliphatic rings. The molecule has 0 unspecified atom stereocenters. The van der Waals surface area contributed by atoms with E-state index < -0.39 is 6.00 Å². The van der Waals surface area contributed by atoms with Crippen molar-refractivity contribution in [2.45, 2.75) is 39.2 Å². The highest BCUT2D eigenvalue weighted by Gasteiger charge is 2.23. The third-order valence-electron chi connectivity index (χ3n) is 1.61. The maximum Gasteiger partial charge on any atom is 0.341 e. The lowest BCUT2D eigenvalue weighted by atomic mass is 10.3. The highest BCUT2D eigenvalue weighted by Crippen LogP contribution is 2.26.